The second kappa shape index (κ2) is 18.3. The number of Topliss-reactive ketones (excluding diaryl/α,β-unsaturated/α-hetero) is 1. The zero-order valence-electron chi connectivity index (χ0n) is 27.6. The fourth-order valence-electron chi connectivity index (χ4n) is 6.62. The van der Waals surface area contributed by atoms with Gasteiger partial charge in [0.1, 0.15) is 21.9 Å². The predicted molar refractivity (Wildman–Crippen MR) is 174 cm³/mol. The van der Waals surface area contributed by atoms with Crippen LogP contribution in [0.2, 0.25) is 0 Å². The van der Waals surface area contributed by atoms with E-state index in [9.17, 15) is 32.4 Å². The van der Waals surface area contributed by atoms with Gasteiger partial charge in [0, 0.05) is 19.3 Å². The maximum atomic E-state index is 14.3. The lowest BCUT2D eigenvalue weighted by atomic mass is 9.82. The number of hydrogen-bond acceptors (Lipinski definition) is 7. The van der Waals surface area contributed by atoms with Gasteiger partial charge in [-0.3, -0.25) is 19.2 Å². The highest BCUT2D eigenvalue weighted by Gasteiger charge is 2.41. The molecular weight excluding hydrogens is 598 g/mol. The van der Waals surface area contributed by atoms with Crippen molar-refractivity contribution in [1.82, 2.24) is 26.2 Å². The molecule has 1 unspecified atom stereocenters. The van der Waals surface area contributed by atoms with E-state index < -0.39 is 63.0 Å². The van der Waals surface area contributed by atoms with Crippen molar-refractivity contribution in [2.75, 3.05) is 25.1 Å². The molecule has 13 heteroatoms. The third-order valence-corrected chi connectivity index (χ3v) is 9.91. The topological polar surface area (TPSA) is 171 Å². The van der Waals surface area contributed by atoms with Gasteiger partial charge in [0.2, 0.25) is 17.6 Å². The van der Waals surface area contributed by atoms with Gasteiger partial charge in [-0.05, 0) is 51.4 Å². The average molecular weight is 654 g/mol. The van der Waals surface area contributed by atoms with E-state index in [0.29, 0.717) is 25.7 Å². The summed E-state index contributed by atoms with van der Waals surface area (Å²) >= 11 is 0. The number of carbonyl (C=O) groups is 5. The summed E-state index contributed by atoms with van der Waals surface area (Å²) in [6, 6.07) is -3.53. The van der Waals surface area contributed by atoms with Crippen LogP contribution in [0.1, 0.15) is 104 Å². The Bertz CT molecular complexity index is 1150. The molecular formula is C32H55N5O7S. The van der Waals surface area contributed by atoms with Crippen LogP contribution in [0.4, 0.5) is 4.79 Å². The van der Waals surface area contributed by atoms with Gasteiger partial charge < -0.3 is 26.2 Å². The summed E-state index contributed by atoms with van der Waals surface area (Å²) in [4.78, 5) is 67.8. The number of ketones is 1. The molecule has 0 bridgehead atoms. The summed E-state index contributed by atoms with van der Waals surface area (Å²) in [7, 11) is -3.38. The molecule has 2 fully saturated rings. The average Bonchev–Trinajstić information content (AvgIpc) is 2.99. The molecule has 0 radical (unpaired) electrons. The van der Waals surface area contributed by atoms with E-state index in [1.807, 2.05) is 13.8 Å². The van der Waals surface area contributed by atoms with Crippen LogP contribution in [-0.4, -0.2) is 91.6 Å². The summed E-state index contributed by atoms with van der Waals surface area (Å²) in [5.41, 5.74) is -0.898. The van der Waals surface area contributed by atoms with Crippen molar-refractivity contribution in [1.29, 1.82) is 0 Å². The lowest BCUT2D eigenvalue weighted by molar-refractivity contribution is -0.144. The third kappa shape index (κ3) is 12.1. The van der Waals surface area contributed by atoms with Gasteiger partial charge in [-0.1, -0.05) is 64.9 Å². The molecule has 0 heterocycles. The molecule has 0 aliphatic heterocycles. The van der Waals surface area contributed by atoms with Crippen LogP contribution in [0.15, 0.2) is 12.7 Å². The normalized spacial score (nSPS) is 18.8. The summed E-state index contributed by atoms with van der Waals surface area (Å²) in [5, 5.41) is 11.0. The van der Waals surface area contributed by atoms with Crippen LogP contribution in [0.5, 0.6) is 0 Å². The molecule has 2 rings (SSSR count). The van der Waals surface area contributed by atoms with E-state index in [2.05, 4.69) is 27.8 Å². The number of carbonyl (C=O) groups excluding carboxylic acids is 5. The van der Waals surface area contributed by atoms with Crippen LogP contribution < -0.4 is 21.3 Å². The van der Waals surface area contributed by atoms with E-state index in [4.69, 9.17) is 0 Å². The highest BCUT2D eigenvalue weighted by Crippen LogP contribution is 2.31. The number of nitrogens with zero attached hydrogens (tertiary/aromatic N) is 1. The first-order valence-corrected chi connectivity index (χ1v) is 18.6. The summed E-state index contributed by atoms with van der Waals surface area (Å²) in [6.45, 7) is 9.18. The molecule has 3 atom stereocenters. The van der Waals surface area contributed by atoms with E-state index in [0.717, 1.165) is 51.4 Å². The number of rotatable bonds is 17. The van der Waals surface area contributed by atoms with Gasteiger partial charge in [-0.15, -0.1) is 6.58 Å². The van der Waals surface area contributed by atoms with Crippen molar-refractivity contribution >= 4 is 39.4 Å². The van der Waals surface area contributed by atoms with Gasteiger partial charge >= 0.3 is 6.03 Å². The third-order valence-electron chi connectivity index (χ3n) is 8.84. The zero-order valence-corrected chi connectivity index (χ0v) is 28.4. The molecule has 0 aromatic rings. The highest BCUT2D eigenvalue weighted by molar-refractivity contribution is 7.90. The minimum absolute atomic E-state index is 0.116. The summed E-state index contributed by atoms with van der Waals surface area (Å²) in [6.07, 6.45) is 11.9. The van der Waals surface area contributed by atoms with Crippen molar-refractivity contribution < 1.29 is 32.4 Å². The lowest BCUT2D eigenvalue weighted by Crippen LogP contribution is -2.62. The van der Waals surface area contributed by atoms with E-state index in [-0.39, 0.29) is 31.2 Å². The highest BCUT2D eigenvalue weighted by atomic mass is 32.2. The second-order valence-electron chi connectivity index (χ2n) is 12.8. The Balaban J connectivity index is 2.29. The minimum Gasteiger partial charge on any atom is -0.346 e. The molecule has 45 heavy (non-hydrogen) atoms. The molecule has 0 aromatic heterocycles. The van der Waals surface area contributed by atoms with Crippen LogP contribution in [0.3, 0.4) is 0 Å². The van der Waals surface area contributed by atoms with Gasteiger partial charge in [0.15, 0.2) is 0 Å². The first-order valence-electron chi connectivity index (χ1n) is 16.6. The fourth-order valence-corrected chi connectivity index (χ4v) is 7.98. The number of sulfone groups is 1. The molecule has 0 spiro atoms. The molecule has 0 aromatic carbocycles. The number of nitrogens with one attached hydrogen (secondary N) is 4. The second-order valence-corrected chi connectivity index (χ2v) is 14.9. The fraction of sp³-hybridized carbons (Fsp3) is 0.781. The van der Waals surface area contributed by atoms with Crippen LogP contribution in [-0.2, 0) is 29.0 Å². The molecule has 4 N–H and O–H groups in total. The summed E-state index contributed by atoms with van der Waals surface area (Å²) < 4.78 is 24.6. The first-order chi connectivity index (χ1) is 21.3. The van der Waals surface area contributed by atoms with Crippen LogP contribution >= 0.6 is 0 Å². The molecule has 2 aliphatic rings. The van der Waals surface area contributed by atoms with E-state index in [1.54, 1.807) is 6.92 Å². The summed E-state index contributed by atoms with van der Waals surface area (Å²) in [5.74, 6) is -2.87. The van der Waals surface area contributed by atoms with Crippen molar-refractivity contribution in [2.45, 2.75) is 128 Å². The minimum atomic E-state index is -3.38. The first kappa shape index (κ1) is 38.2. The number of urea groups is 1. The standard InChI is InChI=1S/C32H55N5O7S/c1-6-15-25(27(38)29(40)33-20-7-2)34-28(39)23(4)37(21-8-3)30(41)26(24-16-11-9-12-17-24)35-31(42)36-32(22-45(5,43)44)18-13-10-14-19-32/h7,23-26H,2,6,8-22H2,1,3-5H3,(H,33,40)(H,34,39)(H2,35,36,42)/t23-,25?,26-/m0/s1. The Morgan fingerprint density at radius 1 is 0.956 bits per heavy atom. The maximum Gasteiger partial charge on any atom is 0.315 e. The Morgan fingerprint density at radius 3 is 2.13 bits per heavy atom. The van der Waals surface area contributed by atoms with Crippen LogP contribution in [0, 0.1) is 5.92 Å². The molecule has 2 saturated carbocycles. The van der Waals surface area contributed by atoms with Gasteiger partial charge in [-0.25, -0.2) is 13.2 Å². The molecule has 256 valence electrons. The maximum absolute atomic E-state index is 14.3. The van der Waals surface area contributed by atoms with Crippen molar-refractivity contribution in [2.24, 2.45) is 5.92 Å². The van der Waals surface area contributed by atoms with E-state index in [1.165, 1.54) is 17.2 Å². The Hall–Kier alpha value is -2.96. The smallest absolute Gasteiger partial charge is 0.315 e. The monoisotopic (exact) mass is 653 g/mol. The SMILES string of the molecule is C=CCNC(=O)C(=O)C(CCC)NC(=O)[C@H](C)N(CCC)C(=O)[C@@H](NC(=O)NC1(CS(C)(=O)=O)CCCCC1)C1CCCCC1. The van der Waals surface area contributed by atoms with Crippen molar-refractivity contribution in [3.63, 3.8) is 0 Å². The van der Waals surface area contributed by atoms with Gasteiger partial charge in [-0.2, -0.15) is 0 Å². The quantitative estimate of drug-likeness (QED) is 0.138. The Kier molecular flexibility index (Phi) is 15.5. The molecule has 2 aliphatic carbocycles. The zero-order chi connectivity index (χ0) is 33.6. The molecule has 12 nitrogen and oxygen atoms in total. The largest absolute Gasteiger partial charge is 0.346 e. The molecule has 5 amide bonds. The number of hydrogen-bond donors (Lipinski definition) is 4. The van der Waals surface area contributed by atoms with E-state index >= 15 is 0 Å². The van der Waals surface area contributed by atoms with Gasteiger partial charge in [0.25, 0.3) is 5.91 Å². The predicted octanol–water partition coefficient (Wildman–Crippen LogP) is 2.77. The number of amides is 5. The Morgan fingerprint density at radius 2 is 1.58 bits per heavy atom. The lowest BCUT2D eigenvalue weighted by Gasteiger charge is -2.40. The van der Waals surface area contributed by atoms with Gasteiger partial charge in [0.05, 0.1) is 17.3 Å². The Labute approximate surface area is 269 Å². The van der Waals surface area contributed by atoms with Crippen molar-refractivity contribution in [3.8, 4) is 0 Å². The molecule has 0 saturated heterocycles. The van der Waals surface area contributed by atoms with Crippen molar-refractivity contribution in [3.05, 3.63) is 12.7 Å². The van der Waals surface area contributed by atoms with Crippen LogP contribution in [0.25, 0.3) is 0 Å².